The summed E-state index contributed by atoms with van der Waals surface area (Å²) in [5.41, 5.74) is -0.996. The van der Waals surface area contributed by atoms with Crippen LogP contribution in [0.4, 0.5) is 0 Å². The fourth-order valence-electron chi connectivity index (χ4n) is 0.727. The van der Waals surface area contributed by atoms with Crippen LogP contribution in [-0.4, -0.2) is 41.7 Å². The molecule has 0 saturated carbocycles. The number of hydrogen-bond donors (Lipinski definition) is 1. The maximum atomic E-state index is 11.1. The molecule has 74 valence electrons. The van der Waals surface area contributed by atoms with E-state index in [1.165, 1.54) is 7.05 Å². The first-order valence-electron chi connectivity index (χ1n) is 3.41. The lowest BCUT2D eigenvalue weighted by atomic mass is 10.1. The normalized spacial score (nSPS) is 13.8. The number of aliphatic hydroxyl groups is 1. The summed E-state index contributed by atoms with van der Waals surface area (Å²) in [6.07, 6.45) is 0. The number of hydrogen-bond acceptors (Lipinski definition) is 3. The number of sulfonamides is 1. The van der Waals surface area contributed by atoms with Crippen LogP contribution >= 0.6 is 15.9 Å². The lowest BCUT2D eigenvalue weighted by molar-refractivity contribution is 0.0641. The second-order valence-electron chi connectivity index (χ2n) is 3.29. The van der Waals surface area contributed by atoms with Gasteiger partial charge in [-0.15, -0.1) is 0 Å². The molecule has 0 saturated heterocycles. The fourth-order valence-corrected chi connectivity index (χ4v) is 2.45. The molecule has 12 heavy (non-hydrogen) atoms. The van der Waals surface area contributed by atoms with Crippen LogP contribution in [0.1, 0.15) is 13.8 Å². The molecule has 0 bridgehead atoms. The van der Waals surface area contributed by atoms with Gasteiger partial charge in [-0.1, -0.05) is 15.9 Å². The Kier molecular flexibility index (Phi) is 4.16. The molecule has 0 rings (SSSR count). The predicted octanol–water partition coefficient (Wildman–Crippen LogP) is 0.371. The van der Waals surface area contributed by atoms with Gasteiger partial charge in [-0.3, -0.25) is 0 Å². The first-order valence-corrected chi connectivity index (χ1v) is 6.14. The fraction of sp³-hybridized carbons (Fsp3) is 1.00. The summed E-state index contributed by atoms with van der Waals surface area (Å²) < 4.78 is 23.3. The van der Waals surface area contributed by atoms with Crippen molar-refractivity contribution in [3.8, 4) is 0 Å². The van der Waals surface area contributed by atoms with Gasteiger partial charge in [0.1, 0.15) is 4.66 Å². The van der Waals surface area contributed by atoms with Gasteiger partial charge in [0.2, 0.25) is 10.0 Å². The monoisotopic (exact) mass is 259 g/mol. The minimum Gasteiger partial charge on any atom is -0.389 e. The zero-order chi connectivity index (χ0) is 9.99. The molecule has 0 amide bonds. The van der Waals surface area contributed by atoms with Gasteiger partial charge < -0.3 is 5.11 Å². The van der Waals surface area contributed by atoms with Crippen molar-refractivity contribution < 1.29 is 13.5 Å². The van der Waals surface area contributed by atoms with Crippen molar-refractivity contribution in [2.24, 2.45) is 0 Å². The Morgan fingerprint density at radius 3 is 2.17 bits per heavy atom. The molecule has 0 aromatic rings. The Balaban J connectivity index is 4.34. The van der Waals surface area contributed by atoms with Crippen molar-refractivity contribution in [3.63, 3.8) is 0 Å². The molecule has 0 heterocycles. The molecule has 0 spiro atoms. The van der Waals surface area contributed by atoms with E-state index >= 15 is 0 Å². The van der Waals surface area contributed by atoms with E-state index in [4.69, 9.17) is 0 Å². The van der Waals surface area contributed by atoms with Crippen LogP contribution < -0.4 is 0 Å². The Bertz CT molecular complexity index is 232. The molecule has 0 aliphatic heterocycles. The average Bonchev–Trinajstić information content (AvgIpc) is 1.84. The largest absolute Gasteiger partial charge is 0.389 e. The van der Waals surface area contributed by atoms with Crippen LogP contribution in [0.5, 0.6) is 0 Å². The molecule has 1 N–H and O–H groups in total. The van der Waals surface area contributed by atoms with Gasteiger partial charge in [0.05, 0.1) is 5.60 Å². The first kappa shape index (κ1) is 12.3. The molecule has 6 heteroatoms. The standard InChI is InChI=1S/C6H14BrNO3S/c1-6(2,9)4-8(3)12(10,11)5-7/h9H,4-5H2,1-3H3. The summed E-state index contributed by atoms with van der Waals surface area (Å²) in [5, 5.41) is 9.33. The summed E-state index contributed by atoms with van der Waals surface area (Å²) >= 11 is 2.87. The molecule has 0 fully saturated rings. The topological polar surface area (TPSA) is 57.6 Å². The van der Waals surface area contributed by atoms with Crippen molar-refractivity contribution in [1.82, 2.24) is 4.31 Å². The molecule has 0 atom stereocenters. The number of halogens is 1. The molecule has 0 aromatic carbocycles. The lowest BCUT2D eigenvalue weighted by Crippen LogP contribution is -2.39. The SMILES string of the molecule is CN(CC(C)(C)O)S(=O)(=O)CBr. The molecular formula is C6H14BrNO3S. The molecule has 0 radical (unpaired) electrons. The smallest absolute Gasteiger partial charge is 0.223 e. The third-order valence-electron chi connectivity index (χ3n) is 1.22. The third kappa shape index (κ3) is 4.39. The number of likely N-dealkylation sites (N-methyl/N-ethyl adjacent to an activating group) is 1. The minimum absolute atomic E-state index is 0.0981. The van der Waals surface area contributed by atoms with Crippen molar-refractivity contribution in [3.05, 3.63) is 0 Å². The maximum absolute atomic E-state index is 11.1. The first-order chi connectivity index (χ1) is 5.19. The number of rotatable bonds is 4. The van der Waals surface area contributed by atoms with Crippen LogP contribution in [0.2, 0.25) is 0 Å². The molecular weight excluding hydrogens is 246 g/mol. The van der Waals surface area contributed by atoms with Gasteiger partial charge in [0.15, 0.2) is 0 Å². The zero-order valence-corrected chi connectivity index (χ0v) is 9.81. The lowest BCUT2D eigenvalue weighted by Gasteiger charge is -2.24. The van der Waals surface area contributed by atoms with Crippen molar-refractivity contribution in [2.75, 3.05) is 18.3 Å². The quantitative estimate of drug-likeness (QED) is 0.743. The Hall–Kier alpha value is 0.350. The van der Waals surface area contributed by atoms with E-state index in [-0.39, 0.29) is 11.2 Å². The van der Waals surface area contributed by atoms with Gasteiger partial charge in [-0.25, -0.2) is 12.7 Å². The summed E-state index contributed by atoms with van der Waals surface area (Å²) in [6, 6.07) is 0. The van der Waals surface area contributed by atoms with E-state index in [0.29, 0.717) is 0 Å². The molecule has 0 aromatic heterocycles. The van der Waals surface area contributed by atoms with E-state index in [1.807, 2.05) is 0 Å². The predicted molar refractivity (Wildman–Crippen MR) is 51.6 cm³/mol. The Morgan fingerprint density at radius 2 is 1.92 bits per heavy atom. The van der Waals surface area contributed by atoms with Gasteiger partial charge in [-0.2, -0.15) is 0 Å². The van der Waals surface area contributed by atoms with Gasteiger partial charge >= 0.3 is 0 Å². The highest BCUT2D eigenvalue weighted by Gasteiger charge is 2.23. The van der Waals surface area contributed by atoms with Gasteiger partial charge in [-0.05, 0) is 13.8 Å². The van der Waals surface area contributed by atoms with Crippen molar-refractivity contribution >= 4 is 26.0 Å². The van der Waals surface area contributed by atoms with E-state index < -0.39 is 15.6 Å². The zero-order valence-electron chi connectivity index (χ0n) is 7.41. The highest BCUT2D eigenvalue weighted by atomic mass is 79.9. The summed E-state index contributed by atoms with van der Waals surface area (Å²) in [5.74, 6) is 0. The van der Waals surface area contributed by atoms with Crippen LogP contribution in [0.3, 0.4) is 0 Å². The van der Waals surface area contributed by atoms with Crippen molar-refractivity contribution in [1.29, 1.82) is 0 Å². The van der Waals surface area contributed by atoms with E-state index in [2.05, 4.69) is 15.9 Å². The molecule has 0 unspecified atom stereocenters. The Morgan fingerprint density at radius 1 is 1.50 bits per heavy atom. The summed E-state index contributed by atoms with van der Waals surface area (Å²) in [6.45, 7) is 3.22. The maximum Gasteiger partial charge on any atom is 0.223 e. The summed E-state index contributed by atoms with van der Waals surface area (Å²) in [4.78, 5) is 0. The van der Waals surface area contributed by atoms with Gasteiger partial charge in [0, 0.05) is 13.6 Å². The van der Waals surface area contributed by atoms with Crippen LogP contribution in [0, 0.1) is 0 Å². The van der Waals surface area contributed by atoms with E-state index in [1.54, 1.807) is 13.8 Å². The Labute approximate surface area is 81.7 Å². The minimum atomic E-state index is -3.24. The van der Waals surface area contributed by atoms with Crippen LogP contribution in [0.25, 0.3) is 0 Å². The number of alkyl halides is 1. The van der Waals surface area contributed by atoms with E-state index in [9.17, 15) is 13.5 Å². The van der Waals surface area contributed by atoms with Crippen LogP contribution in [0.15, 0.2) is 0 Å². The average molecular weight is 260 g/mol. The molecule has 0 aliphatic carbocycles. The highest BCUT2D eigenvalue weighted by Crippen LogP contribution is 2.08. The van der Waals surface area contributed by atoms with Crippen molar-refractivity contribution in [2.45, 2.75) is 19.4 Å². The third-order valence-corrected chi connectivity index (χ3v) is 4.31. The molecule has 0 aliphatic rings. The second kappa shape index (κ2) is 4.04. The van der Waals surface area contributed by atoms with Gasteiger partial charge in [0.25, 0.3) is 0 Å². The number of nitrogens with zero attached hydrogens (tertiary/aromatic N) is 1. The van der Waals surface area contributed by atoms with E-state index in [0.717, 1.165) is 4.31 Å². The van der Waals surface area contributed by atoms with Crippen LogP contribution in [-0.2, 0) is 10.0 Å². The highest BCUT2D eigenvalue weighted by molar-refractivity contribution is 9.10. The summed E-state index contributed by atoms with van der Waals surface area (Å²) in [7, 11) is -1.80. The molecule has 4 nitrogen and oxygen atoms in total. The second-order valence-corrected chi connectivity index (χ2v) is 6.67.